The highest BCUT2D eigenvalue weighted by molar-refractivity contribution is 5.56. The van der Waals surface area contributed by atoms with Gasteiger partial charge < -0.3 is 9.47 Å². The minimum Gasteiger partial charge on any atom is -0.496 e. The van der Waals surface area contributed by atoms with Crippen LogP contribution in [0, 0.1) is 0 Å². The number of rotatable bonds is 3. The average Bonchev–Trinajstić information content (AvgIpc) is 2.15. The fraction of sp³-hybridized carbons (Fsp3) is 0.222. The molecule has 4 heteroatoms. The molecule has 0 aliphatic heterocycles. The third-order valence-electron chi connectivity index (χ3n) is 1.54. The smallest absolute Gasteiger partial charge is 0.496 e. The normalized spacial score (nSPS) is 9.31. The van der Waals surface area contributed by atoms with E-state index in [4.69, 9.17) is 4.74 Å². The van der Waals surface area contributed by atoms with Gasteiger partial charge in [-0.2, -0.15) is 9.90 Å². The molecule has 13 heavy (non-hydrogen) atoms. The van der Waals surface area contributed by atoms with Gasteiger partial charge in [-0.1, -0.05) is 18.2 Å². The van der Waals surface area contributed by atoms with E-state index in [1.807, 2.05) is 0 Å². The minimum absolute atomic E-state index is 0.0493. The molecule has 1 rings (SSSR count). The van der Waals surface area contributed by atoms with Crippen molar-refractivity contribution in [3.63, 3.8) is 0 Å². The number of hydrogen-bond acceptors (Lipinski definition) is 3. The first kappa shape index (κ1) is 9.38. The Morgan fingerprint density at radius 1 is 1.38 bits per heavy atom. The molecule has 0 aromatic heterocycles. The summed E-state index contributed by atoms with van der Waals surface area (Å²) in [6, 6.07) is 7.02. The summed E-state index contributed by atoms with van der Waals surface area (Å²) in [5.74, 6) is 0.601. The van der Waals surface area contributed by atoms with Gasteiger partial charge in [0.1, 0.15) is 12.4 Å². The van der Waals surface area contributed by atoms with Crippen LogP contribution in [0.3, 0.4) is 0 Å². The molecule has 69 valence electrons. The monoisotopic (exact) mass is 181 g/mol. The second-order valence-electron chi connectivity index (χ2n) is 2.35. The fourth-order valence-corrected chi connectivity index (χ4v) is 0.959. The first-order valence-electron chi connectivity index (χ1n) is 3.69. The molecule has 0 bridgehead atoms. The third-order valence-corrected chi connectivity index (χ3v) is 1.54. The Morgan fingerprint density at radius 3 is 2.69 bits per heavy atom. The van der Waals surface area contributed by atoms with Crippen LogP contribution in [0.2, 0.25) is 0 Å². The van der Waals surface area contributed by atoms with Crippen molar-refractivity contribution in [3.8, 4) is 5.75 Å². The SMILES string of the molecule is COc1ccccc1COC([O])=O. The van der Waals surface area contributed by atoms with Gasteiger partial charge in [0.15, 0.2) is 0 Å². The lowest BCUT2D eigenvalue weighted by Crippen LogP contribution is -2.00. The molecule has 1 aromatic carbocycles. The van der Waals surface area contributed by atoms with Crippen LogP contribution < -0.4 is 4.74 Å². The molecule has 0 N–H and O–H groups in total. The van der Waals surface area contributed by atoms with Crippen molar-refractivity contribution in [1.29, 1.82) is 0 Å². The zero-order valence-corrected chi connectivity index (χ0v) is 7.15. The van der Waals surface area contributed by atoms with Crippen molar-refractivity contribution >= 4 is 6.16 Å². The summed E-state index contributed by atoms with van der Waals surface area (Å²) in [6.07, 6.45) is -1.54. The van der Waals surface area contributed by atoms with Crippen molar-refractivity contribution in [1.82, 2.24) is 0 Å². The van der Waals surface area contributed by atoms with Crippen molar-refractivity contribution in [3.05, 3.63) is 29.8 Å². The Kier molecular flexibility index (Phi) is 3.14. The molecule has 4 nitrogen and oxygen atoms in total. The Labute approximate surface area is 75.7 Å². The molecule has 0 fully saturated rings. The summed E-state index contributed by atoms with van der Waals surface area (Å²) >= 11 is 0. The van der Waals surface area contributed by atoms with Gasteiger partial charge >= 0.3 is 6.16 Å². The number of carbonyl (C=O) groups excluding carboxylic acids is 1. The number of hydrogen-bond donors (Lipinski definition) is 0. The lowest BCUT2D eigenvalue weighted by atomic mass is 10.2. The van der Waals surface area contributed by atoms with Gasteiger partial charge in [-0.25, -0.2) is 0 Å². The Balaban J connectivity index is 2.69. The first-order valence-corrected chi connectivity index (χ1v) is 3.69. The van der Waals surface area contributed by atoms with Crippen molar-refractivity contribution in [2.24, 2.45) is 0 Å². The molecule has 0 amide bonds. The third kappa shape index (κ3) is 2.66. The van der Waals surface area contributed by atoms with Crippen LogP contribution in [0.15, 0.2) is 24.3 Å². The van der Waals surface area contributed by atoms with Crippen LogP contribution in [-0.4, -0.2) is 13.3 Å². The van der Waals surface area contributed by atoms with E-state index in [0.717, 1.165) is 0 Å². The van der Waals surface area contributed by atoms with E-state index in [1.54, 1.807) is 24.3 Å². The van der Waals surface area contributed by atoms with Gasteiger partial charge in [-0.05, 0) is 6.07 Å². The molecule has 0 spiro atoms. The molecule has 0 saturated carbocycles. The number of carbonyl (C=O) groups is 1. The Bertz CT molecular complexity index is 295. The molecule has 0 heterocycles. The van der Waals surface area contributed by atoms with Gasteiger partial charge in [0.2, 0.25) is 0 Å². The standard InChI is InChI=1S/C9H9O4/c1-12-8-5-3-2-4-7(8)6-13-9(10)11/h2-5H,6H2,1H3. The molecule has 0 atom stereocenters. The molecular weight excluding hydrogens is 172 g/mol. The number of ether oxygens (including phenoxy) is 2. The van der Waals surface area contributed by atoms with E-state index >= 15 is 0 Å². The van der Waals surface area contributed by atoms with Gasteiger partial charge in [-0.3, -0.25) is 0 Å². The van der Waals surface area contributed by atoms with E-state index in [2.05, 4.69) is 4.74 Å². The van der Waals surface area contributed by atoms with Crippen LogP contribution in [-0.2, 0) is 16.5 Å². The molecule has 0 saturated heterocycles. The van der Waals surface area contributed by atoms with Crippen LogP contribution in [0.1, 0.15) is 5.56 Å². The predicted octanol–water partition coefficient (Wildman–Crippen LogP) is 1.76. The zero-order chi connectivity index (χ0) is 9.68. The lowest BCUT2D eigenvalue weighted by Gasteiger charge is -2.05. The zero-order valence-electron chi connectivity index (χ0n) is 7.15. The molecule has 0 unspecified atom stereocenters. The van der Waals surface area contributed by atoms with Gasteiger partial charge in [0.05, 0.1) is 7.11 Å². The maximum Gasteiger partial charge on any atom is 0.550 e. The second kappa shape index (κ2) is 4.35. The van der Waals surface area contributed by atoms with Crippen LogP contribution in [0.5, 0.6) is 5.75 Å². The maximum absolute atomic E-state index is 10.00. The summed E-state index contributed by atoms with van der Waals surface area (Å²) in [6.45, 7) is -0.0493. The number of methoxy groups -OCH3 is 1. The minimum atomic E-state index is -1.54. The van der Waals surface area contributed by atoms with E-state index < -0.39 is 6.16 Å². The molecule has 0 aliphatic carbocycles. The van der Waals surface area contributed by atoms with Crippen molar-refractivity contribution < 1.29 is 19.4 Å². The number of benzene rings is 1. The number of para-hydroxylation sites is 1. The van der Waals surface area contributed by atoms with E-state index in [-0.39, 0.29) is 6.61 Å². The van der Waals surface area contributed by atoms with E-state index in [9.17, 15) is 9.90 Å². The quantitative estimate of drug-likeness (QED) is 0.667. The largest absolute Gasteiger partial charge is 0.550 e. The van der Waals surface area contributed by atoms with Crippen molar-refractivity contribution in [2.75, 3.05) is 7.11 Å². The Morgan fingerprint density at radius 2 is 2.08 bits per heavy atom. The summed E-state index contributed by atoms with van der Waals surface area (Å²) in [7, 11) is 1.51. The second-order valence-corrected chi connectivity index (χ2v) is 2.35. The van der Waals surface area contributed by atoms with Crippen molar-refractivity contribution in [2.45, 2.75) is 6.61 Å². The maximum atomic E-state index is 10.00. The Hall–Kier alpha value is -1.71. The van der Waals surface area contributed by atoms with E-state index in [1.165, 1.54) is 7.11 Å². The highest BCUT2D eigenvalue weighted by Crippen LogP contribution is 2.17. The van der Waals surface area contributed by atoms with Gasteiger partial charge in [0.25, 0.3) is 0 Å². The van der Waals surface area contributed by atoms with Crippen LogP contribution in [0.25, 0.3) is 0 Å². The molecule has 1 aromatic rings. The molecular formula is C9H9O4. The average molecular weight is 181 g/mol. The summed E-state index contributed by atoms with van der Waals surface area (Å²) in [5, 5.41) is 10.00. The highest BCUT2D eigenvalue weighted by atomic mass is 16.7. The fourth-order valence-electron chi connectivity index (χ4n) is 0.959. The van der Waals surface area contributed by atoms with Gasteiger partial charge in [-0.15, -0.1) is 0 Å². The molecule has 1 radical (unpaired) electrons. The highest BCUT2D eigenvalue weighted by Gasteiger charge is 2.04. The van der Waals surface area contributed by atoms with Gasteiger partial charge in [0, 0.05) is 5.56 Å². The summed E-state index contributed by atoms with van der Waals surface area (Å²) in [4.78, 5) is 10.00. The first-order chi connectivity index (χ1) is 6.24. The predicted molar refractivity (Wildman–Crippen MR) is 43.9 cm³/mol. The van der Waals surface area contributed by atoms with Crippen LogP contribution in [0.4, 0.5) is 4.79 Å². The summed E-state index contributed by atoms with van der Waals surface area (Å²) in [5.41, 5.74) is 0.675. The van der Waals surface area contributed by atoms with E-state index in [0.29, 0.717) is 11.3 Å². The van der Waals surface area contributed by atoms with Crippen LogP contribution >= 0.6 is 0 Å². The topological polar surface area (TPSA) is 55.4 Å². The lowest BCUT2D eigenvalue weighted by molar-refractivity contribution is 0.0614. The summed E-state index contributed by atoms with van der Waals surface area (Å²) < 4.78 is 9.28. The molecule has 0 aliphatic rings.